The molecule has 21 heavy (non-hydrogen) atoms. The van der Waals surface area contributed by atoms with Crippen molar-refractivity contribution in [2.45, 2.75) is 20.4 Å². The molecule has 1 heterocycles. The van der Waals surface area contributed by atoms with Crippen molar-refractivity contribution in [2.24, 2.45) is 0 Å². The zero-order valence-electron chi connectivity index (χ0n) is 11.7. The van der Waals surface area contributed by atoms with Gasteiger partial charge in [0.25, 0.3) is 0 Å². The fraction of sp³-hybridized carbons (Fsp3) is 0.286. The van der Waals surface area contributed by atoms with Crippen molar-refractivity contribution in [3.8, 4) is 11.5 Å². The average Bonchev–Trinajstić information content (AvgIpc) is 2.81. The molecule has 0 radical (unpaired) electrons. The van der Waals surface area contributed by atoms with E-state index in [1.807, 2.05) is 6.92 Å². The van der Waals surface area contributed by atoms with Crippen LogP contribution >= 0.6 is 11.3 Å². The second-order valence-corrected chi connectivity index (χ2v) is 5.33. The fourth-order valence-electron chi connectivity index (χ4n) is 1.79. The number of thiazole rings is 1. The maximum atomic E-state index is 11.0. The van der Waals surface area contributed by atoms with E-state index in [9.17, 15) is 9.90 Å². The van der Waals surface area contributed by atoms with E-state index in [0.717, 1.165) is 16.9 Å². The van der Waals surface area contributed by atoms with Gasteiger partial charge >= 0.3 is 5.97 Å². The summed E-state index contributed by atoms with van der Waals surface area (Å²) in [5.41, 5.74) is 1.40. The van der Waals surface area contributed by atoms with Gasteiger partial charge in [0.05, 0.1) is 12.3 Å². The van der Waals surface area contributed by atoms with Crippen LogP contribution < -0.4 is 10.1 Å². The van der Waals surface area contributed by atoms with E-state index in [-0.39, 0.29) is 10.6 Å². The van der Waals surface area contributed by atoms with Crippen molar-refractivity contribution < 1.29 is 19.7 Å². The highest BCUT2D eigenvalue weighted by molar-refractivity contribution is 7.17. The number of benzene rings is 1. The van der Waals surface area contributed by atoms with Gasteiger partial charge in [-0.25, -0.2) is 9.78 Å². The highest BCUT2D eigenvalue weighted by Gasteiger charge is 2.13. The lowest BCUT2D eigenvalue weighted by Gasteiger charge is -2.08. The summed E-state index contributed by atoms with van der Waals surface area (Å²) in [6, 6.07) is 5.08. The molecule has 112 valence electrons. The molecule has 7 heteroatoms. The first kappa shape index (κ1) is 15.1. The summed E-state index contributed by atoms with van der Waals surface area (Å²) in [7, 11) is 0. The number of anilines is 1. The number of rotatable bonds is 6. The Morgan fingerprint density at radius 2 is 2.24 bits per heavy atom. The van der Waals surface area contributed by atoms with Crippen molar-refractivity contribution in [3.05, 3.63) is 34.3 Å². The van der Waals surface area contributed by atoms with E-state index < -0.39 is 5.97 Å². The molecule has 6 nitrogen and oxygen atoms in total. The van der Waals surface area contributed by atoms with Gasteiger partial charge in [-0.15, -0.1) is 0 Å². The van der Waals surface area contributed by atoms with Gasteiger partial charge < -0.3 is 20.3 Å². The zero-order chi connectivity index (χ0) is 15.4. The molecule has 0 unspecified atom stereocenters. The number of hydrogen-bond donors (Lipinski definition) is 3. The lowest BCUT2D eigenvalue weighted by Crippen LogP contribution is -2.00. The molecule has 1 aromatic heterocycles. The van der Waals surface area contributed by atoms with E-state index in [4.69, 9.17) is 9.84 Å². The molecule has 0 aliphatic rings. The van der Waals surface area contributed by atoms with Crippen molar-refractivity contribution in [2.75, 3.05) is 11.9 Å². The van der Waals surface area contributed by atoms with Crippen molar-refractivity contribution >= 4 is 22.4 Å². The van der Waals surface area contributed by atoms with Gasteiger partial charge in [-0.1, -0.05) is 17.4 Å². The molecule has 3 N–H and O–H groups in total. The molecular weight excluding hydrogens is 292 g/mol. The maximum Gasteiger partial charge on any atom is 0.347 e. The van der Waals surface area contributed by atoms with Gasteiger partial charge in [0.15, 0.2) is 16.6 Å². The lowest BCUT2D eigenvalue weighted by atomic mass is 10.2. The Hall–Kier alpha value is -2.28. The number of phenolic OH excluding ortho intramolecular Hbond substituents is 1. The molecular formula is C14H16N2O4S. The molecule has 0 spiro atoms. The van der Waals surface area contributed by atoms with Gasteiger partial charge in [-0.2, -0.15) is 0 Å². The minimum Gasteiger partial charge on any atom is -0.504 e. The highest BCUT2D eigenvalue weighted by Crippen LogP contribution is 2.28. The standard InChI is InChI=1S/C14H16N2O4S/c1-3-20-11-6-9(4-5-10(11)17)7-15-14-16-8(2)12(21-14)13(18)19/h4-6,17H,3,7H2,1-2H3,(H,15,16)(H,18,19). The van der Waals surface area contributed by atoms with Crippen LogP contribution in [0.25, 0.3) is 0 Å². The van der Waals surface area contributed by atoms with Gasteiger partial charge in [0.2, 0.25) is 0 Å². The molecule has 0 aliphatic heterocycles. The number of carboxylic acids is 1. The first-order valence-electron chi connectivity index (χ1n) is 6.40. The minimum absolute atomic E-state index is 0.0962. The van der Waals surface area contributed by atoms with Crippen molar-refractivity contribution in [3.63, 3.8) is 0 Å². The van der Waals surface area contributed by atoms with Crippen LogP contribution in [0.15, 0.2) is 18.2 Å². The van der Waals surface area contributed by atoms with Crippen LogP contribution in [-0.4, -0.2) is 27.8 Å². The van der Waals surface area contributed by atoms with Crippen LogP contribution in [0.5, 0.6) is 11.5 Å². The minimum atomic E-state index is -0.971. The summed E-state index contributed by atoms with van der Waals surface area (Å²) < 4.78 is 5.32. The molecule has 0 amide bonds. The molecule has 2 aromatic rings. The number of aryl methyl sites for hydroxylation is 1. The first-order chi connectivity index (χ1) is 10.0. The smallest absolute Gasteiger partial charge is 0.347 e. The molecule has 0 atom stereocenters. The Kier molecular flexibility index (Phi) is 4.64. The predicted molar refractivity (Wildman–Crippen MR) is 80.4 cm³/mol. The van der Waals surface area contributed by atoms with Crippen molar-refractivity contribution in [1.82, 2.24) is 4.98 Å². The summed E-state index contributed by atoms with van der Waals surface area (Å²) >= 11 is 1.10. The third kappa shape index (κ3) is 3.63. The van der Waals surface area contributed by atoms with Crippen LogP contribution in [-0.2, 0) is 6.54 Å². The third-order valence-corrected chi connectivity index (χ3v) is 3.86. The Labute approximate surface area is 126 Å². The maximum absolute atomic E-state index is 11.0. The number of hydrogen-bond acceptors (Lipinski definition) is 6. The highest BCUT2D eigenvalue weighted by atomic mass is 32.1. The normalized spacial score (nSPS) is 10.4. The summed E-state index contributed by atoms with van der Waals surface area (Å²) in [5, 5.41) is 22.2. The Morgan fingerprint density at radius 1 is 1.48 bits per heavy atom. The van der Waals surface area contributed by atoms with Crippen LogP contribution in [0.4, 0.5) is 5.13 Å². The molecule has 2 rings (SSSR count). The number of aromatic hydroxyl groups is 1. The quantitative estimate of drug-likeness (QED) is 0.760. The molecule has 0 saturated carbocycles. The number of carbonyl (C=O) groups is 1. The van der Waals surface area contributed by atoms with E-state index in [1.54, 1.807) is 25.1 Å². The summed E-state index contributed by atoms with van der Waals surface area (Å²) in [5.74, 6) is -0.446. The van der Waals surface area contributed by atoms with E-state index in [2.05, 4.69) is 10.3 Å². The number of phenols is 1. The second-order valence-electron chi connectivity index (χ2n) is 4.33. The number of nitrogens with one attached hydrogen (secondary N) is 1. The Morgan fingerprint density at radius 3 is 2.86 bits per heavy atom. The molecule has 0 bridgehead atoms. The zero-order valence-corrected chi connectivity index (χ0v) is 12.5. The van der Waals surface area contributed by atoms with E-state index in [0.29, 0.717) is 29.7 Å². The lowest BCUT2D eigenvalue weighted by molar-refractivity contribution is 0.0701. The van der Waals surface area contributed by atoms with Gasteiger partial charge in [0.1, 0.15) is 4.88 Å². The molecule has 0 saturated heterocycles. The Balaban J connectivity index is 2.07. The number of aromatic carboxylic acids is 1. The van der Waals surface area contributed by atoms with Gasteiger partial charge in [-0.3, -0.25) is 0 Å². The number of nitrogens with zero attached hydrogens (tertiary/aromatic N) is 1. The molecule has 1 aromatic carbocycles. The summed E-state index contributed by atoms with van der Waals surface area (Å²) in [4.78, 5) is 15.4. The number of carboxylic acid groups (broad SMARTS) is 1. The van der Waals surface area contributed by atoms with Crippen LogP contribution in [0.2, 0.25) is 0 Å². The monoisotopic (exact) mass is 308 g/mol. The summed E-state index contributed by atoms with van der Waals surface area (Å²) in [6.45, 7) is 4.44. The predicted octanol–water partition coefficient (Wildman–Crippen LogP) is 2.87. The number of ether oxygens (including phenoxy) is 1. The Bertz CT molecular complexity index is 654. The molecule has 0 aliphatic carbocycles. The topological polar surface area (TPSA) is 91.7 Å². The number of aromatic nitrogens is 1. The van der Waals surface area contributed by atoms with Gasteiger partial charge in [0, 0.05) is 6.54 Å². The second kappa shape index (κ2) is 6.45. The van der Waals surface area contributed by atoms with Crippen LogP contribution in [0, 0.1) is 6.92 Å². The average molecular weight is 308 g/mol. The largest absolute Gasteiger partial charge is 0.504 e. The van der Waals surface area contributed by atoms with Crippen LogP contribution in [0.1, 0.15) is 27.9 Å². The molecule has 0 fully saturated rings. The van der Waals surface area contributed by atoms with E-state index >= 15 is 0 Å². The fourth-order valence-corrected chi connectivity index (χ4v) is 2.59. The third-order valence-electron chi connectivity index (χ3n) is 2.76. The summed E-state index contributed by atoms with van der Waals surface area (Å²) in [6.07, 6.45) is 0. The SMILES string of the molecule is CCOc1cc(CNc2nc(C)c(C(=O)O)s2)ccc1O. The van der Waals surface area contributed by atoms with Crippen molar-refractivity contribution in [1.29, 1.82) is 0 Å². The first-order valence-corrected chi connectivity index (χ1v) is 7.22. The van der Waals surface area contributed by atoms with Gasteiger partial charge in [-0.05, 0) is 31.5 Å². The van der Waals surface area contributed by atoms with E-state index in [1.165, 1.54) is 0 Å². The van der Waals surface area contributed by atoms with Crippen LogP contribution in [0.3, 0.4) is 0 Å².